The van der Waals surface area contributed by atoms with E-state index in [0.29, 0.717) is 0 Å². The SMILES string of the molecule is CCCCC[N+](CCCCC)(CCCCC)CCCCC.CCCCC[N+](CCCCC)(CCCCC)CCCCC.O=C([O-])C1=NNOC=C1.O=C([O-])C1=NNOC=C1. The maximum absolute atomic E-state index is 9.97. The Balaban J connectivity index is 0. The molecule has 0 bridgehead atoms. The fraction of sp³-hybridized carbons (Fsp3) is 0.833. The van der Waals surface area contributed by atoms with Crippen molar-refractivity contribution in [2.45, 2.75) is 209 Å². The molecule has 0 aromatic heterocycles. The monoisotopic (exact) mass is 851 g/mol. The van der Waals surface area contributed by atoms with E-state index in [-0.39, 0.29) is 11.4 Å². The lowest BCUT2D eigenvalue weighted by atomic mass is 10.1. The van der Waals surface area contributed by atoms with E-state index in [1.165, 1.54) is 228 Å². The number of unbranched alkanes of at least 4 members (excludes halogenated alkanes) is 16. The third-order valence-corrected chi connectivity index (χ3v) is 11.3. The quantitative estimate of drug-likeness (QED) is 0.0481. The summed E-state index contributed by atoms with van der Waals surface area (Å²) in [6, 6.07) is 0. The van der Waals surface area contributed by atoms with Crippen LogP contribution in [0.15, 0.2) is 34.9 Å². The summed E-state index contributed by atoms with van der Waals surface area (Å²) in [5.41, 5.74) is 3.63. The van der Waals surface area contributed by atoms with Crippen LogP contribution in [0.2, 0.25) is 0 Å². The molecule has 0 amide bonds. The fourth-order valence-electron chi connectivity index (χ4n) is 7.63. The van der Waals surface area contributed by atoms with Gasteiger partial charge in [0, 0.05) is 12.2 Å². The number of rotatable bonds is 34. The Morgan fingerprint density at radius 3 is 0.733 bits per heavy atom. The number of nitrogens with zero attached hydrogens (tertiary/aromatic N) is 4. The first kappa shape index (κ1) is 59.0. The van der Waals surface area contributed by atoms with Crippen molar-refractivity contribution in [1.82, 2.24) is 11.2 Å². The summed E-state index contributed by atoms with van der Waals surface area (Å²) in [5.74, 6) is -2.66. The predicted molar refractivity (Wildman–Crippen MR) is 247 cm³/mol. The van der Waals surface area contributed by atoms with E-state index < -0.39 is 11.9 Å². The van der Waals surface area contributed by atoms with E-state index in [1.807, 2.05) is 11.2 Å². The molecular formula is C48H94N6O6. The molecule has 0 radical (unpaired) electrons. The number of carbonyl (C=O) groups excluding carboxylic acids is 2. The molecular weight excluding hydrogens is 757 g/mol. The van der Waals surface area contributed by atoms with Crippen molar-refractivity contribution in [2.75, 3.05) is 52.4 Å². The molecule has 0 spiro atoms. The third kappa shape index (κ3) is 33.6. The smallest absolute Gasteiger partial charge is 0.123 e. The van der Waals surface area contributed by atoms with Gasteiger partial charge in [0.1, 0.15) is 23.9 Å². The van der Waals surface area contributed by atoms with Gasteiger partial charge in [-0.05, 0) is 103 Å². The van der Waals surface area contributed by atoms with E-state index in [0.717, 1.165) is 12.5 Å². The highest BCUT2D eigenvalue weighted by Gasteiger charge is 2.26. The maximum Gasteiger partial charge on any atom is 0.123 e. The molecule has 0 saturated carbocycles. The number of quaternary nitrogens is 2. The number of hydrazone groups is 2. The molecule has 0 aromatic carbocycles. The Bertz CT molecular complexity index is 952. The first-order chi connectivity index (χ1) is 29.1. The summed E-state index contributed by atoms with van der Waals surface area (Å²) >= 11 is 0. The molecule has 0 atom stereocenters. The lowest BCUT2D eigenvalue weighted by Gasteiger charge is -2.39. The number of nitrogens with one attached hydrogen (secondary N) is 2. The molecule has 352 valence electrons. The molecule has 0 fully saturated rings. The van der Waals surface area contributed by atoms with Crippen molar-refractivity contribution in [1.29, 1.82) is 0 Å². The molecule has 0 unspecified atom stereocenters. The molecule has 0 aromatic rings. The van der Waals surface area contributed by atoms with Gasteiger partial charge in [-0.1, -0.05) is 107 Å². The number of aliphatic carboxylic acids is 2. The van der Waals surface area contributed by atoms with Crippen molar-refractivity contribution in [2.24, 2.45) is 10.2 Å². The van der Waals surface area contributed by atoms with Gasteiger partial charge in [-0.25, -0.2) is 0 Å². The zero-order valence-electron chi connectivity index (χ0n) is 40.2. The summed E-state index contributed by atoms with van der Waals surface area (Å²) in [5, 5.41) is 26.4. The van der Waals surface area contributed by atoms with Crippen molar-refractivity contribution < 1.29 is 38.4 Å². The number of hydrogen-bond acceptors (Lipinski definition) is 10. The van der Waals surface area contributed by atoms with Gasteiger partial charge in [0.05, 0.1) is 64.3 Å². The third-order valence-electron chi connectivity index (χ3n) is 11.3. The maximum atomic E-state index is 9.97. The minimum atomic E-state index is -1.33. The topological polar surface area (TPSA) is 147 Å². The van der Waals surface area contributed by atoms with Crippen LogP contribution in [0.1, 0.15) is 209 Å². The van der Waals surface area contributed by atoms with Gasteiger partial charge in [-0.3, -0.25) is 0 Å². The summed E-state index contributed by atoms with van der Waals surface area (Å²) < 4.78 is 2.89. The van der Waals surface area contributed by atoms with Crippen molar-refractivity contribution >= 4 is 23.4 Å². The second kappa shape index (κ2) is 42.6. The van der Waals surface area contributed by atoms with Gasteiger partial charge in [0.2, 0.25) is 0 Å². The summed E-state index contributed by atoms with van der Waals surface area (Å²) in [7, 11) is 0. The minimum absolute atomic E-state index is 0.179. The first-order valence-electron chi connectivity index (χ1n) is 24.5. The van der Waals surface area contributed by atoms with Gasteiger partial charge < -0.3 is 38.4 Å². The largest absolute Gasteiger partial charge is 0.543 e. The van der Waals surface area contributed by atoms with Crippen LogP contribution < -0.4 is 21.4 Å². The standard InChI is InChI=1S/2C20H44N.2C4H4N2O3/c2*1-5-9-13-17-21(18-14-10-6-2,19-15-11-7-3)20-16-12-8-4;2*7-4(8)3-1-2-9-6-5-3/h2*5-20H2,1-4H3;2*1-2,6H,(H,7,8)/q2*+1;;/p-2. The Kier molecular flexibility index (Phi) is 41.8. The molecule has 12 heteroatoms. The van der Waals surface area contributed by atoms with Gasteiger partial charge in [0.15, 0.2) is 0 Å². The number of carboxylic acid groups (broad SMARTS) is 2. The molecule has 12 nitrogen and oxygen atoms in total. The lowest BCUT2D eigenvalue weighted by Crippen LogP contribution is -2.50. The molecule has 2 rings (SSSR count). The Morgan fingerprint density at radius 2 is 0.617 bits per heavy atom. The van der Waals surface area contributed by atoms with Crippen LogP contribution in [0.3, 0.4) is 0 Å². The predicted octanol–water partition coefficient (Wildman–Crippen LogP) is 9.41. The number of carbonyl (C=O) groups is 2. The van der Waals surface area contributed by atoms with Crippen molar-refractivity contribution in [3.05, 3.63) is 24.7 Å². The number of hydrogen-bond donors (Lipinski definition) is 2. The van der Waals surface area contributed by atoms with Crippen molar-refractivity contribution in [3.8, 4) is 0 Å². The normalized spacial score (nSPS) is 13.0. The molecule has 0 saturated heterocycles. The van der Waals surface area contributed by atoms with Gasteiger partial charge >= 0.3 is 0 Å². The van der Waals surface area contributed by atoms with E-state index in [9.17, 15) is 19.8 Å². The summed E-state index contributed by atoms with van der Waals surface area (Å²) in [4.78, 5) is 28.6. The van der Waals surface area contributed by atoms with Gasteiger partial charge in [-0.2, -0.15) is 0 Å². The van der Waals surface area contributed by atoms with Crippen LogP contribution in [0.5, 0.6) is 0 Å². The average Bonchev–Trinajstić information content (AvgIpc) is 3.26. The van der Waals surface area contributed by atoms with Gasteiger partial charge in [0.25, 0.3) is 0 Å². The van der Waals surface area contributed by atoms with Crippen LogP contribution in [0.4, 0.5) is 0 Å². The molecule has 2 heterocycles. The highest BCUT2D eigenvalue weighted by molar-refractivity contribution is 6.39. The second-order valence-electron chi connectivity index (χ2n) is 16.7. The van der Waals surface area contributed by atoms with E-state index in [1.54, 1.807) is 0 Å². The Morgan fingerprint density at radius 1 is 0.417 bits per heavy atom. The lowest BCUT2D eigenvalue weighted by molar-refractivity contribution is -0.929. The van der Waals surface area contributed by atoms with Gasteiger partial charge in [-0.15, -0.1) is 21.4 Å². The highest BCUT2D eigenvalue weighted by atomic mass is 16.7. The molecule has 2 aliphatic heterocycles. The van der Waals surface area contributed by atoms with Crippen LogP contribution in [0.25, 0.3) is 0 Å². The van der Waals surface area contributed by atoms with E-state index in [4.69, 9.17) is 0 Å². The molecule has 2 N–H and O–H groups in total. The summed E-state index contributed by atoms with van der Waals surface area (Å²) in [6.07, 6.45) is 38.6. The Hall–Kier alpha value is -3.12. The van der Waals surface area contributed by atoms with Crippen LogP contribution in [-0.2, 0) is 19.3 Å². The van der Waals surface area contributed by atoms with E-state index >= 15 is 0 Å². The zero-order chi connectivity index (χ0) is 45.0. The average molecular weight is 851 g/mol. The zero-order valence-corrected chi connectivity index (χ0v) is 40.2. The summed E-state index contributed by atoms with van der Waals surface area (Å²) in [6.45, 7) is 30.3. The van der Waals surface area contributed by atoms with E-state index in [2.05, 4.69) is 75.3 Å². The van der Waals surface area contributed by atoms with Crippen LogP contribution in [-0.4, -0.2) is 84.7 Å². The Labute approximate surface area is 368 Å². The minimum Gasteiger partial charge on any atom is -0.543 e. The second-order valence-corrected chi connectivity index (χ2v) is 16.7. The highest BCUT2D eigenvalue weighted by Crippen LogP contribution is 2.20. The van der Waals surface area contributed by atoms with Crippen molar-refractivity contribution in [3.63, 3.8) is 0 Å². The van der Waals surface area contributed by atoms with Crippen LogP contribution in [0, 0.1) is 0 Å². The molecule has 2 aliphatic rings. The number of carboxylic acids is 2. The molecule has 0 aliphatic carbocycles. The van der Waals surface area contributed by atoms with Crippen LogP contribution >= 0.6 is 0 Å². The first-order valence-corrected chi connectivity index (χ1v) is 24.5. The molecule has 60 heavy (non-hydrogen) atoms. The fourth-order valence-corrected chi connectivity index (χ4v) is 7.63.